The molecular weight excluding hydrogens is 331 g/mol. The molecule has 0 saturated carbocycles. The second kappa shape index (κ2) is 6.78. The van der Waals surface area contributed by atoms with Crippen molar-refractivity contribution in [3.8, 4) is 0 Å². The Morgan fingerprint density at radius 3 is 2.65 bits per heavy atom. The number of pyridine rings is 1. The van der Waals surface area contributed by atoms with Crippen LogP contribution in [0.25, 0.3) is 0 Å². The van der Waals surface area contributed by atoms with Crippen LogP contribution in [0.15, 0.2) is 35.0 Å². The van der Waals surface area contributed by atoms with Gasteiger partial charge in [-0.2, -0.15) is 24.5 Å². The number of carbonyl (C=O) groups excluding carboxylic acids is 2. The number of hydrogen-bond acceptors (Lipinski definition) is 4. The maximum Gasteiger partial charge on any atom is 0.433 e. The fourth-order valence-electron chi connectivity index (χ4n) is 1.73. The zero-order valence-corrected chi connectivity index (χ0v) is 12.7. The summed E-state index contributed by atoms with van der Waals surface area (Å²) in [6, 6.07) is 4.87. The summed E-state index contributed by atoms with van der Waals surface area (Å²) in [7, 11) is 1.43. The van der Waals surface area contributed by atoms with Crippen LogP contribution in [0.5, 0.6) is 0 Å². The third kappa shape index (κ3) is 4.52. The minimum absolute atomic E-state index is 0.228. The van der Waals surface area contributed by atoms with Crippen LogP contribution in [0, 0.1) is 0 Å². The van der Waals surface area contributed by atoms with Crippen LogP contribution in [-0.2, 0) is 22.3 Å². The topological polar surface area (TPSA) is 62.3 Å². The summed E-state index contributed by atoms with van der Waals surface area (Å²) in [6.07, 6.45) is -4.62. The Morgan fingerprint density at radius 2 is 2.04 bits per heavy atom. The highest BCUT2D eigenvalue weighted by molar-refractivity contribution is 7.07. The Morgan fingerprint density at radius 1 is 1.30 bits per heavy atom. The van der Waals surface area contributed by atoms with Crippen molar-refractivity contribution in [1.82, 2.24) is 9.88 Å². The van der Waals surface area contributed by atoms with Crippen LogP contribution in [0.1, 0.15) is 11.3 Å². The number of nitrogens with zero attached hydrogens (tertiary/aromatic N) is 2. The Labute approximate surface area is 133 Å². The number of rotatable bonds is 3. The molecule has 0 bridgehead atoms. The smallest absolute Gasteiger partial charge is 0.333 e. The highest BCUT2D eigenvalue weighted by Crippen LogP contribution is 2.28. The predicted octanol–water partition coefficient (Wildman–Crippen LogP) is 2.76. The lowest BCUT2D eigenvalue weighted by Crippen LogP contribution is -2.36. The lowest BCUT2D eigenvalue weighted by molar-refractivity contribution is -0.142. The molecule has 0 atom stereocenters. The standard InChI is InChI=1S/C14H12F3N3O2S/c1-20(7-9-5-6-23-8-9)13(22)12(21)19-11-4-2-3-10(18-11)14(15,16)17/h2-6,8H,7H2,1H3,(H,18,19,21). The molecule has 0 aliphatic rings. The molecule has 1 N–H and O–H groups in total. The van der Waals surface area contributed by atoms with E-state index in [4.69, 9.17) is 0 Å². The summed E-state index contributed by atoms with van der Waals surface area (Å²) < 4.78 is 37.7. The van der Waals surface area contributed by atoms with Gasteiger partial charge >= 0.3 is 18.0 Å². The van der Waals surface area contributed by atoms with Gasteiger partial charge in [-0.15, -0.1) is 0 Å². The highest BCUT2D eigenvalue weighted by atomic mass is 32.1. The molecule has 0 aromatic carbocycles. The van der Waals surface area contributed by atoms with Gasteiger partial charge in [0, 0.05) is 13.6 Å². The van der Waals surface area contributed by atoms with E-state index in [-0.39, 0.29) is 12.4 Å². The lowest BCUT2D eigenvalue weighted by Gasteiger charge is -2.16. The van der Waals surface area contributed by atoms with Gasteiger partial charge in [0.1, 0.15) is 11.5 Å². The van der Waals surface area contributed by atoms with E-state index in [1.54, 1.807) is 6.07 Å². The zero-order valence-electron chi connectivity index (χ0n) is 11.9. The first-order valence-corrected chi connectivity index (χ1v) is 7.33. The van der Waals surface area contributed by atoms with Gasteiger partial charge in [0.25, 0.3) is 0 Å². The van der Waals surface area contributed by atoms with E-state index in [2.05, 4.69) is 10.3 Å². The van der Waals surface area contributed by atoms with E-state index in [0.29, 0.717) is 0 Å². The Bertz CT molecular complexity index is 702. The molecule has 2 aromatic heterocycles. The molecule has 0 aliphatic heterocycles. The minimum atomic E-state index is -4.62. The van der Waals surface area contributed by atoms with E-state index < -0.39 is 23.7 Å². The fourth-order valence-corrected chi connectivity index (χ4v) is 2.39. The molecule has 9 heteroatoms. The summed E-state index contributed by atoms with van der Waals surface area (Å²) >= 11 is 1.45. The number of alkyl halides is 3. The zero-order chi connectivity index (χ0) is 17.0. The van der Waals surface area contributed by atoms with Crippen LogP contribution in [0.4, 0.5) is 19.0 Å². The number of anilines is 1. The Balaban J connectivity index is 2.02. The van der Waals surface area contributed by atoms with Crippen molar-refractivity contribution in [1.29, 1.82) is 0 Å². The summed E-state index contributed by atoms with van der Waals surface area (Å²) in [5.74, 6) is -2.24. The summed E-state index contributed by atoms with van der Waals surface area (Å²) in [5, 5.41) is 5.74. The number of nitrogens with one attached hydrogen (secondary N) is 1. The van der Waals surface area contributed by atoms with Gasteiger partial charge in [0.15, 0.2) is 0 Å². The Hall–Kier alpha value is -2.42. The minimum Gasteiger partial charge on any atom is -0.333 e. The molecule has 2 rings (SSSR count). The second-order valence-electron chi connectivity index (χ2n) is 4.65. The molecule has 2 amide bonds. The van der Waals surface area contributed by atoms with E-state index in [0.717, 1.165) is 17.7 Å². The third-order valence-corrected chi connectivity index (χ3v) is 3.55. The quantitative estimate of drug-likeness (QED) is 0.872. The summed E-state index contributed by atoms with van der Waals surface area (Å²) in [6.45, 7) is 0.228. The van der Waals surface area contributed by atoms with Crippen LogP contribution in [0.3, 0.4) is 0 Å². The van der Waals surface area contributed by atoms with Crippen molar-refractivity contribution in [3.05, 3.63) is 46.3 Å². The molecule has 5 nitrogen and oxygen atoms in total. The maximum absolute atomic E-state index is 12.6. The lowest BCUT2D eigenvalue weighted by atomic mass is 10.3. The average Bonchev–Trinajstić information content (AvgIpc) is 2.98. The number of hydrogen-bond donors (Lipinski definition) is 1. The molecule has 0 unspecified atom stereocenters. The summed E-state index contributed by atoms with van der Waals surface area (Å²) in [4.78, 5) is 28.2. The first-order valence-electron chi connectivity index (χ1n) is 6.39. The number of thiophene rings is 1. The first-order chi connectivity index (χ1) is 10.8. The third-order valence-electron chi connectivity index (χ3n) is 2.82. The van der Waals surface area contributed by atoms with Gasteiger partial charge < -0.3 is 10.2 Å². The van der Waals surface area contributed by atoms with Crippen molar-refractivity contribution in [2.75, 3.05) is 12.4 Å². The van der Waals surface area contributed by atoms with Gasteiger partial charge in [-0.25, -0.2) is 4.98 Å². The molecule has 0 fully saturated rings. The number of likely N-dealkylation sites (N-methyl/N-ethyl adjacent to an activating group) is 1. The van der Waals surface area contributed by atoms with Gasteiger partial charge in [0.2, 0.25) is 0 Å². The van der Waals surface area contributed by atoms with E-state index in [9.17, 15) is 22.8 Å². The average molecular weight is 343 g/mol. The molecule has 122 valence electrons. The first kappa shape index (κ1) is 16.9. The SMILES string of the molecule is CN(Cc1ccsc1)C(=O)C(=O)Nc1cccc(C(F)(F)F)n1. The monoisotopic (exact) mass is 343 g/mol. The van der Waals surface area contributed by atoms with Gasteiger partial charge in [-0.3, -0.25) is 9.59 Å². The fraction of sp³-hybridized carbons (Fsp3) is 0.214. The van der Waals surface area contributed by atoms with Crippen molar-refractivity contribution >= 4 is 29.0 Å². The molecular formula is C14H12F3N3O2S. The molecule has 0 radical (unpaired) electrons. The molecule has 2 aromatic rings. The second-order valence-corrected chi connectivity index (χ2v) is 5.43. The van der Waals surface area contributed by atoms with Crippen molar-refractivity contribution in [2.24, 2.45) is 0 Å². The van der Waals surface area contributed by atoms with E-state index in [1.807, 2.05) is 10.8 Å². The van der Waals surface area contributed by atoms with Crippen LogP contribution in [0.2, 0.25) is 0 Å². The molecule has 2 heterocycles. The van der Waals surface area contributed by atoms with Crippen molar-refractivity contribution < 1.29 is 22.8 Å². The predicted molar refractivity (Wildman–Crippen MR) is 78.7 cm³/mol. The van der Waals surface area contributed by atoms with Crippen LogP contribution in [-0.4, -0.2) is 28.7 Å². The molecule has 23 heavy (non-hydrogen) atoms. The summed E-state index contributed by atoms with van der Waals surface area (Å²) in [5.41, 5.74) is -0.287. The number of aromatic nitrogens is 1. The van der Waals surface area contributed by atoms with Crippen LogP contribution >= 0.6 is 11.3 Å². The largest absolute Gasteiger partial charge is 0.433 e. The van der Waals surface area contributed by atoms with E-state index >= 15 is 0 Å². The van der Waals surface area contributed by atoms with E-state index in [1.165, 1.54) is 29.4 Å². The van der Waals surface area contributed by atoms with Crippen molar-refractivity contribution in [3.63, 3.8) is 0 Å². The molecule has 0 aliphatic carbocycles. The van der Waals surface area contributed by atoms with Crippen LogP contribution < -0.4 is 5.32 Å². The van der Waals surface area contributed by atoms with Gasteiger partial charge in [-0.1, -0.05) is 6.07 Å². The molecule has 0 saturated heterocycles. The van der Waals surface area contributed by atoms with Gasteiger partial charge in [-0.05, 0) is 34.5 Å². The van der Waals surface area contributed by atoms with Gasteiger partial charge in [0.05, 0.1) is 0 Å². The maximum atomic E-state index is 12.6. The normalized spacial score (nSPS) is 11.1. The number of halogens is 3. The number of carbonyl (C=O) groups is 2. The highest BCUT2D eigenvalue weighted by Gasteiger charge is 2.32. The van der Waals surface area contributed by atoms with Crippen molar-refractivity contribution in [2.45, 2.75) is 12.7 Å². The molecule has 0 spiro atoms. The number of amides is 2. The Kier molecular flexibility index (Phi) is 4.99.